The van der Waals surface area contributed by atoms with Gasteiger partial charge >= 0.3 is 0 Å². The van der Waals surface area contributed by atoms with Gasteiger partial charge in [0.25, 0.3) is 0 Å². The highest BCUT2D eigenvalue weighted by Crippen LogP contribution is 2.24. The van der Waals surface area contributed by atoms with Crippen molar-refractivity contribution >= 4 is 12.2 Å². The lowest BCUT2D eigenvalue weighted by atomic mass is 10.2. The van der Waals surface area contributed by atoms with Crippen molar-refractivity contribution in [1.82, 2.24) is 0 Å². The molecule has 0 aromatic heterocycles. The van der Waals surface area contributed by atoms with E-state index in [1.165, 1.54) is 0 Å². The molecule has 0 atom stereocenters. The van der Waals surface area contributed by atoms with Gasteiger partial charge in [0.05, 0.1) is 19.4 Å². The molecular weight excluding hydrogens is 256 g/mol. The molecule has 0 aliphatic heterocycles. The minimum atomic E-state index is -0.0832. The molecule has 110 valence electrons. The Labute approximate surface area is 119 Å². The second-order valence-corrected chi connectivity index (χ2v) is 4.17. The summed E-state index contributed by atoms with van der Waals surface area (Å²) in [6.07, 6.45) is 3.43. The summed E-state index contributed by atoms with van der Waals surface area (Å²) in [5.41, 5.74) is 11.2. The molecule has 0 amide bonds. The van der Waals surface area contributed by atoms with Crippen LogP contribution in [0.3, 0.4) is 0 Å². The van der Waals surface area contributed by atoms with Gasteiger partial charge in [-0.2, -0.15) is 5.10 Å². The molecule has 1 aromatic carbocycles. The van der Waals surface area contributed by atoms with Crippen LogP contribution >= 0.6 is 0 Å². The highest BCUT2D eigenvalue weighted by Gasteiger charge is 2.04. The Morgan fingerprint density at radius 1 is 1.15 bits per heavy atom. The molecule has 1 rings (SSSR count). The number of hydrogen-bond acceptors (Lipinski definition) is 4. The van der Waals surface area contributed by atoms with Crippen molar-refractivity contribution in [3.8, 4) is 11.5 Å². The number of guanidine groups is 1. The zero-order valence-corrected chi connectivity index (χ0v) is 12.0. The molecule has 0 aliphatic carbocycles. The summed E-state index contributed by atoms with van der Waals surface area (Å²) in [6, 6.07) is 5.58. The Kier molecular flexibility index (Phi) is 6.95. The number of benzene rings is 1. The molecule has 0 unspecified atom stereocenters. The van der Waals surface area contributed by atoms with E-state index in [2.05, 4.69) is 17.1 Å². The number of hydrogen-bond donors (Lipinski definition) is 2. The van der Waals surface area contributed by atoms with Crippen molar-refractivity contribution in [2.24, 2.45) is 21.7 Å². The molecule has 0 saturated carbocycles. The van der Waals surface area contributed by atoms with Crippen LogP contribution in [-0.2, 0) is 0 Å². The first-order chi connectivity index (χ1) is 9.67. The van der Waals surface area contributed by atoms with Crippen LogP contribution in [0.15, 0.2) is 28.4 Å². The number of nitrogens with two attached hydrogens (primary N) is 2. The Morgan fingerprint density at radius 2 is 1.85 bits per heavy atom. The highest BCUT2D eigenvalue weighted by molar-refractivity contribution is 5.85. The standard InChI is InChI=1S/C14H22N4O2/c1-3-7-19-12-6-5-11(10-17-18-14(15)16)13(9-12)20-8-4-2/h5-6,9-10H,3-4,7-8H2,1-2H3,(H4,15,16,18). The van der Waals surface area contributed by atoms with Gasteiger partial charge in [0.15, 0.2) is 0 Å². The smallest absolute Gasteiger partial charge is 0.211 e. The topological polar surface area (TPSA) is 95.2 Å². The molecule has 6 nitrogen and oxygen atoms in total. The van der Waals surface area contributed by atoms with E-state index < -0.39 is 0 Å². The van der Waals surface area contributed by atoms with Crippen LogP contribution in [0.4, 0.5) is 0 Å². The largest absolute Gasteiger partial charge is 0.493 e. The van der Waals surface area contributed by atoms with Gasteiger partial charge in [-0.25, -0.2) is 0 Å². The van der Waals surface area contributed by atoms with E-state index in [1.807, 2.05) is 25.1 Å². The monoisotopic (exact) mass is 278 g/mol. The number of nitrogens with zero attached hydrogens (tertiary/aromatic N) is 2. The summed E-state index contributed by atoms with van der Waals surface area (Å²) in [5, 5.41) is 7.36. The van der Waals surface area contributed by atoms with Gasteiger partial charge in [0.1, 0.15) is 11.5 Å². The van der Waals surface area contributed by atoms with Crippen LogP contribution in [0.25, 0.3) is 0 Å². The van der Waals surface area contributed by atoms with E-state index in [1.54, 1.807) is 6.21 Å². The van der Waals surface area contributed by atoms with Gasteiger partial charge in [0.2, 0.25) is 5.96 Å². The zero-order valence-electron chi connectivity index (χ0n) is 12.0. The maximum Gasteiger partial charge on any atom is 0.211 e. The van der Waals surface area contributed by atoms with E-state index >= 15 is 0 Å². The second kappa shape index (κ2) is 8.79. The van der Waals surface area contributed by atoms with Gasteiger partial charge in [-0.05, 0) is 25.0 Å². The summed E-state index contributed by atoms with van der Waals surface area (Å²) in [4.78, 5) is 0. The molecule has 6 heteroatoms. The van der Waals surface area contributed by atoms with Crippen molar-refractivity contribution in [1.29, 1.82) is 0 Å². The fraction of sp³-hybridized carbons (Fsp3) is 0.429. The van der Waals surface area contributed by atoms with Gasteiger partial charge in [-0.15, -0.1) is 5.10 Å². The van der Waals surface area contributed by atoms with E-state index in [0.29, 0.717) is 19.0 Å². The Bertz CT molecular complexity index is 468. The van der Waals surface area contributed by atoms with Crippen molar-refractivity contribution in [2.75, 3.05) is 13.2 Å². The highest BCUT2D eigenvalue weighted by atomic mass is 16.5. The summed E-state index contributed by atoms with van der Waals surface area (Å²) < 4.78 is 11.3. The Hall–Kier alpha value is -2.24. The molecular formula is C14H22N4O2. The number of rotatable bonds is 8. The average Bonchev–Trinajstić information content (AvgIpc) is 2.44. The molecule has 0 bridgehead atoms. The summed E-state index contributed by atoms with van der Waals surface area (Å²) >= 11 is 0. The quantitative estimate of drug-likeness (QED) is 0.431. The molecule has 0 fully saturated rings. The van der Waals surface area contributed by atoms with E-state index in [4.69, 9.17) is 20.9 Å². The zero-order chi connectivity index (χ0) is 14.8. The van der Waals surface area contributed by atoms with Crippen LogP contribution in [0.5, 0.6) is 11.5 Å². The number of ether oxygens (including phenoxy) is 2. The Balaban J connectivity index is 2.90. The van der Waals surface area contributed by atoms with Crippen LogP contribution in [0.1, 0.15) is 32.3 Å². The first kappa shape index (κ1) is 15.8. The summed E-state index contributed by atoms with van der Waals surface area (Å²) in [6.45, 7) is 5.41. The lowest BCUT2D eigenvalue weighted by Crippen LogP contribution is -2.21. The van der Waals surface area contributed by atoms with E-state index in [9.17, 15) is 0 Å². The molecule has 0 spiro atoms. The first-order valence-electron chi connectivity index (χ1n) is 6.69. The molecule has 0 saturated heterocycles. The fourth-order valence-electron chi connectivity index (χ4n) is 1.43. The summed E-state index contributed by atoms with van der Waals surface area (Å²) in [7, 11) is 0. The van der Waals surface area contributed by atoms with Crippen LogP contribution < -0.4 is 20.9 Å². The third-order valence-electron chi connectivity index (χ3n) is 2.29. The summed E-state index contributed by atoms with van der Waals surface area (Å²) in [5.74, 6) is 1.40. The third kappa shape index (κ3) is 5.60. The predicted molar refractivity (Wildman–Crippen MR) is 81.4 cm³/mol. The van der Waals surface area contributed by atoms with E-state index in [0.717, 1.165) is 24.2 Å². The van der Waals surface area contributed by atoms with Gasteiger partial charge in [-0.1, -0.05) is 13.8 Å². The van der Waals surface area contributed by atoms with Crippen molar-refractivity contribution < 1.29 is 9.47 Å². The van der Waals surface area contributed by atoms with Crippen molar-refractivity contribution in [3.63, 3.8) is 0 Å². The molecule has 20 heavy (non-hydrogen) atoms. The van der Waals surface area contributed by atoms with Crippen LogP contribution in [-0.4, -0.2) is 25.4 Å². The molecule has 0 aliphatic rings. The Morgan fingerprint density at radius 3 is 2.50 bits per heavy atom. The SMILES string of the molecule is CCCOc1ccc(C=NN=C(N)N)c(OCCC)c1. The van der Waals surface area contributed by atoms with Crippen LogP contribution in [0.2, 0.25) is 0 Å². The van der Waals surface area contributed by atoms with Crippen molar-refractivity contribution in [3.05, 3.63) is 23.8 Å². The van der Waals surface area contributed by atoms with Gasteiger partial charge in [0, 0.05) is 11.6 Å². The first-order valence-corrected chi connectivity index (χ1v) is 6.69. The molecule has 0 radical (unpaired) electrons. The predicted octanol–water partition coefficient (Wildman–Crippen LogP) is 1.87. The fourth-order valence-corrected chi connectivity index (χ4v) is 1.43. The minimum absolute atomic E-state index is 0.0832. The van der Waals surface area contributed by atoms with Crippen molar-refractivity contribution in [2.45, 2.75) is 26.7 Å². The maximum absolute atomic E-state index is 5.68. The third-order valence-corrected chi connectivity index (χ3v) is 2.29. The van der Waals surface area contributed by atoms with E-state index in [-0.39, 0.29) is 5.96 Å². The lowest BCUT2D eigenvalue weighted by molar-refractivity contribution is 0.301. The van der Waals surface area contributed by atoms with Crippen LogP contribution in [0, 0.1) is 0 Å². The molecule has 1 aromatic rings. The van der Waals surface area contributed by atoms with Gasteiger partial charge in [-0.3, -0.25) is 0 Å². The molecule has 4 N–H and O–H groups in total. The normalized spacial score (nSPS) is 10.5. The minimum Gasteiger partial charge on any atom is -0.493 e. The maximum atomic E-state index is 5.68. The lowest BCUT2D eigenvalue weighted by Gasteiger charge is -2.11. The average molecular weight is 278 g/mol. The molecule has 0 heterocycles. The second-order valence-electron chi connectivity index (χ2n) is 4.17. The van der Waals surface area contributed by atoms with Gasteiger partial charge < -0.3 is 20.9 Å².